The van der Waals surface area contributed by atoms with E-state index in [-0.39, 0.29) is 24.9 Å². The van der Waals surface area contributed by atoms with Crippen LogP contribution in [0.5, 0.6) is 0 Å². The number of carbonyl (C=O) groups is 3. The molecule has 1 heterocycles. The summed E-state index contributed by atoms with van der Waals surface area (Å²) in [5.74, 6) is -3.65. The second kappa shape index (κ2) is 8.02. The van der Waals surface area contributed by atoms with Crippen molar-refractivity contribution in [3.8, 4) is 0 Å². The van der Waals surface area contributed by atoms with Crippen LogP contribution < -0.4 is 0 Å². The Bertz CT molecular complexity index is 591. The molecule has 1 rings (SSSR count). The smallest absolute Gasteiger partial charge is 0.378 e. The quantitative estimate of drug-likeness (QED) is 0.239. The fourth-order valence-corrected chi connectivity index (χ4v) is 2.45. The Morgan fingerprint density at radius 3 is 2.48 bits per heavy atom. The van der Waals surface area contributed by atoms with Crippen molar-refractivity contribution < 1.29 is 29.0 Å². The van der Waals surface area contributed by atoms with Crippen LogP contribution in [0.1, 0.15) is 28.0 Å². The van der Waals surface area contributed by atoms with Crippen molar-refractivity contribution in [1.29, 1.82) is 0 Å². The van der Waals surface area contributed by atoms with Crippen molar-refractivity contribution in [2.45, 2.75) is 39.3 Å². The van der Waals surface area contributed by atoms with E-state index >= 15 is 0 Å². The summed E-state index contributed by atoms with van der Waals surface area (Å²) in [6, 6.07) is 0.901. The number of rotatable bonds is 9. The first-order valence-electron chi connectivity index (χ1n) is 7.25. The van der Waals surface area contributed by atoms with Gasteiger partial charge in [0.15, 0.2) is 0 Å². The number of carboxylic acids is 1. The van der Waals surface area contributed by atoms with E-state index in [4.69, 9.17) is 14.6 Å². The molecule has 0 aliphatic rings. The number of Topliss-reactive ketones (excluding diaryl/α,β-unsaturated/α-hetero) is 1. The van der Waals surface area contributed by atoms with Gasteiger partial charge >= 0.3 is 11.9 Å². The Morgan fingerprint density at radius 2 is 1.96 bits per heavy atom. The summed E-state index contributed by atoms with van der Waals surface area (Å²) in [5, 5.41) is 8.85. The molecule has 0 saturated carbocycles. The number of aliphatic carboxylic acids is 1. The molecular formula is C14H22N2O6Si. The average molecular weight is 342 g/mol. The summed E-state index contributed by atoms with van der Waals surface area (Å²) in [5.41, 5.74) is -0.214. The highest BCUT2D eigenvalue weighted by molar-refractivity contribution is 6.76. The number of hydrogen-bond donors (Lipinski definition) is 1. The Morgan fingerprint density at radius 1 is 1.30 bits per heavy atom. The average Bonchev–Trinajstić information content (AvgIpc) is 2.85. The molecular weight excluding hydrogens is 320 g/mol. The summed E-state index contributed by atoms with van der Waals surface area (Å²) in [7, 11) is -1.28. The molecule has 0 saturated heterocycles. The Hall–Kier alpha value is -2.00. The zero-order valence-electron chi connectivity index (χ0n) is 13.8. The third kappa shape index (κ3) is 5.60. The standard InChI is InChI=1S/C14H22N2O6Si/c1-5-22-14(20)12-15-8-10(11(17)13(18)19)16(12)9-21-6-7-23(2,3)4/h8H,5-7,9H2,1-4H3,(H,18,19). The monoisotopic (exact) mass is 342 g/mol. The van der Waals surface area contributed by atoms with Crippen LogP contribution in [0.4, 0.5) is 0 Å². The summed E-state index contributed by atoms with van der Waals surface area (Å²) in [6.07, 6.45) is 1.05. The number of aromatic nitrogens is 2. The van der Waals surface area contributed by atoms with E-state index in [2.05, 4.69) is 24.6 Å². The number of carbonyl (C=O) groups excluding carboxylic acids is 2. The van der Waals surface area contributed by atoms with Gasteiger partial charge in [0.1, 0.15) is 12.4 Å². The van der Waals surface area contributed by atoms with Crippen LogP contribution in [0.25, 0.3) is 0 Å². The van der Waals surface area contributed by atoms with Gasteiger partial charge < -0.3 is 14.6 Å². The lowest BCUT2D eigenvalue weighted by molar-refractivity contribution is -0.131. The number of hydrogen-bond acceptors (Lipinski definition) is 6. The Kier molecular flexibility index (Phi) is 6.64. The van der Waals surface area contributed by atoms with Crippen molar-refractivity contribution in [1.82, 2.24) is 9.55 Å². The predicted molar refractivity (Wildman–Crippen MR) is 84.3 cm³/mol. The Labute approximate surface area is 135 Å². The minimum Gasteiger partial charge on any atom is -0.475 e. The van der Waals surface area contributed by atoms with Crippen molar-refractivity contribution in [2.75, 3.05) is 13.2 Å². The van der Waals surface area contributed by atoms with Gasteiger partial charge in [-0.05, 0) is 13.0 Å². The molecule has 0 atom stereocenters. The van der Waals surface area contributed by atoms with Crippen LogP contribution in [0.3, 0.4) is 0 Å². The van der Waals surface area contributed by atoms with Gasteiger partial charge in [-0.15, -0.1) is 0 Å². The van der Waals surface area contributed by atoms with Crippen LogP contribution in [-0.2, 0) is 21.0 Å². The maximum atomic E-state index is 11.9. The molecule has 0 aromatic carbocycles. The van der Waals surface area contributed by atoms with E-state index in [1.165, 1.54) is 0 Å². The molecule has 0 amide bonds. The van der Waals surface area contributed by atoms with Crippen LogP contribution in [-0.4, -0.2) is 53.7 Å². The summed E-state index contributed by atoms with van der Waals surface area (Å²) < 4.78 is 11.5. The van der Waals surface area contributed by atoms with Gasteiger partial charge in [0.25, 0.3) is 5.78 Å². The molecule has 0 aliphatic heterocycles. The third-order valence-electron chi connectivity index (χ3n) is 2.96. The summed E-state index contributed by atoms with van der Waals surface area (Å²) in [6.45, 7) is 8.68. The predicted octanol–water partition coefficient (Wildman–Crippen LogP) is 1.64. The van der Waals surface area contributed by atoms with E-state index in [9.17, 15) is 14.4 Å². The van der Waals surface area contributed by atoms with Crippen molar-refractivity contribution in [3.63, 3.8) is 0 Å². The molecule has 9 heteroatoms. The number of ketones is 1. The molecule has 0 fully saturated rings. The first kappa shape index (κ1) is 19.0. The zero-order valence-corrected chi connectivity index (χ0v) is 14.8. The first-order chi connectivity index (χ1) is 10.7. The normalized spacial score (nSPS) is 11.3. The SMILES string of the molecule is CCOC(=O)c1ncc(C(=O)C(=O)O)n1COCC[Si](C)(C)C. The molecule has 23 heavy (non-hydrogen) atoms. The molecule has 0 radical (unpaired) electrons. The van der Waals surface area contributed by atoms with Crippen LogP contribution in [0, 0.1) is 0 Å². The number of ether oxygens (including phenoxy) is 2. The van der Waals surface area contributed by atoms with E-state index < -0.39 is 25.8 Å². The maximum Gasteiger partial charge on any atom is 0.378 e. The maximum absolute atomic E-state index is 11.9. The van der Waals surface area contributed by atoms with E-state index in [0.29, 0.717) is 6.61 Å². The lowest BCUT2D eigenvalue weighted by Crippen LogP contribution is -2.24. The topological polar surface area (TPSA) is 108 Å². The molecule has 0 bridgehead atoms. The minimum absolute atomic E-state index is 0.132. The molecule has 128 valence electrons. The fourth-order valence-electron chi connectivity index (χ4n) is 1.69. The van der Waals surface area contributed by atoms with Crippen molar-refractivity contribution >= 4 is 25.8 Å². The second-order valence-corrected chi connectivity index (χ2v) is 11.7. The molecule has 0 spiro atoms. The van der Waals surface area contributed by atoms with E-state index in [1.807, 2.05) is 0 Å². The van der Waals surface area contributed by atoms with Crippen molar-refractivity contribution in [2.24, 2.45) is 0 Å². The lowest BCUT2D eigenvalue weighted by atomic mass is 10.3. The molecule has 8 nitrogen and oxygen atoms in total. The first-order valence-corrected chi connectivity index (χ1v) is 11.0. The zero-order chi connectivity index (χ0) is 17.6. The van der Waals surface area contributed by atoms with Gasteiger partial charge in [-0.25, -0.2) is 14.6 Å². The highest BCUT2D eigenvalue weighted by atomic mass is 28.3. The number of nitrogens with zero attached hydrogens (tertiary/aromatic N) is 2. The third-order valence-corrected chi connectivity index (χ3v) is 4.66. The number of imidazole rings is 1. The summed E-state index contributed by atoms with van der Waals surface area (Å²) >= 11 is 0. The second-order valence-electron chi connectivity index (χ2n) is 6.10. The van der Waals surface area contributed by atoms with E-state index in [0.717, 1.165) is 16.8 Å². The van der Waals surface area contributed by atoms with E-state index in [1.54, 1.807) is 6.92 Å². The van der Waals surface area contributed by atoms with Gasteiger partial charge in [0.05, 0.1) is 12.8 Å². The molecule has 0 unspecified atom stereocenters. The highest BCUT2D eigenvalue weighted by Crippen LogP contribution is 2.11. The van der Waals surface area contributed by atoms with Crippen LogP contribution in [0.15, 0.2) is 6.20 Å². The number of esters is 1. The Balaban J connectivity index is 2.94. The van der Waals surface area contributed by atoms with Crippen LogP contribution >= 0.6 is 0 Å². The van der Waals surface area contributed by atoms with Gasteiger partial charge in [-0.2, -0.15) is 0 Å². The molecule has 1 aromatic rings. The molecule has 1 aromatic heterocycles. The van der Waals surface area contributed by atoms with Crippen molar-refractivity contribution in [3.05, 3.63) is 17.7 Å². The molecule has 1 N–H and O–H groups in total. The lowest BCUT2D eigenvalue weighted by Gasteiger charge is -2.16. The summed E-state index contributed by atoms with van der Waals surface area (Å²) in [4.78, 5) is 38.2. The van der Waals surface area contributed by atoms with Gasteiger partial charge in [-0.1, -0.05) is 19.6 Å². The fraction of sp³-hybridized carbons (Fsp3) is 0.571. The van der Waals surface area contributed by atoms with Crippen LogP contribution in [0.2, 0.25) is 25.7 Å². The molecule has 0 aliphatic carbocycles. The number of carboxylic acid groups (broad SMARTS) is 1. The minimum atomic E-state index is -1.62. The highest BCUT2D eigenvalue weighted by Gasteiger charge is 2.26. The van der Waals surface area contributed by atoms with Gasteiger partial charge in [0.2, 0.25) is 5.82 Å². The van der Waals surface area contributed by atoms with Gasteiger partial charge in [0, 0.05) is 14.7 Å². The largest absolute Gasteiger partial charge is 0.475 e. The van der Waals surface area contributed by atoms with Gasteiger partial charge in [-0.3, -0.25) is 9.36 Å².